The third-order valence-corrected chi connectivity index (χ3v) is 6.33. The molecule has 35 heavy (non-hydrogen) atoms. The van der Waals surface area contributed by atoms with Gasteiger partial charge in [-0.3, -0.25) is 29.5 Å². The van der Waals surface area contributed by atoms with Crippen molar-refractivity contribution >= 4 is 35.2 Å². The standard InChI is InChI=1S/C23H15F3N4O5/c24-23(25,26)13-5-2-6-14(11-13)28-21(32)17-16-8-3-9-27-29(16)19(18(17)22(28)33)20(31)12-4-1-7-15(10-12)30(34)35/h1-11,16-19H/t16-,17-,18-,19-/m1/s1. The summed E-state index contributed by atoms with van der Waals surface area (Å²) in [6.07, 6.45) is -0.171. The first-order chi connectivity index (χ1) is 16.6. The minimum atomic E-state index is -4.68. The monoisotopic (exact) mass is 484 g/mol. The predicted octanol–water partition coefficient (Wildman–Crippen LogP) is 3.21. The number of nitro benzene ring substituents is 1. The number of nitro groups is 1. The maximum Gasteiger partial charge on any atom is 0.416 e. The minimum Gasteiger partial charge on any atom is -0.292 e. The number of carbonyl (C=O) groups excluding carboxylic acids is 3. The van der Waals surface area contributed by atoms with Gasteiger partial charge in [-0.25, -0.2) is 4.90 Å². The molecule has 2 amide bonds. The SMILES string of the molecule is O=C(c1cccc([N+](=O)[O-])c1)[C@H]1[C@@H]2C(=O)N(c3cccc(C(F)(F)F)c3)C(=O)[C@@H]2[C@H]2C=CC=NN21. The van der Waals surface area contributed by atoms with Crippen LogP contribution in [0.2, 0.25) is 0 Å². The number of nitrogens with zero attached hydrogens (tertiary/aromatic N) is 4. The normalized spacial score (nSPS) is 25.1. The molecular weight excluding hydrogens is 469 g/mol. The number of hydrogen-bond donors (Lipinski definition) is 0. The number of alkyl halides is 3. The lowest BCUT2D eigenvalue weighted by Gasteiger charge is -2.30. The van der Waals surface area contributed by atoms with Crippen molar-refractivity contribution in [1.82, 2.24) is 5.01 Å². The average Bonchev–Trinajstić information content (AvgIpc) is 3.30. The van der Waals surface area contributed by atoms with E-state index in [1.807, 2.05) is 0 Å². The first-order valence-electron chi connectivity index (χ1n) is 10.4. The smallest absolute Gasteiger partial charge is 0.292 e. The summed E-state index contributed by atoms with van der Waals surface area (Å²) in [6, 6.07) is 6.73. The molecule has 0 aromatic heterocycles. The van der Waals surface area contributed by atoms with E-state index >= 15 is 0 Å². The highest BCUT2D eigenvalue weighted by molar-refractivity contribution is 6.24. The van der Waals surface area contributed by atoms with Gasteiger partial charge in [0.15, 0.2) is 5.78 Å². The maximum absolute atomic E-state index is 13.5. The number of benzene rings is 2. The van der Waals surface area contributed by atoms with Crippen LogP contribution in [-0.2, 0) is 15.8 Å². The van der Waals surface area contributed by atoms with Crippen molar-refractivity contribution in [2.24, 2.45) is 16.9 Å². The number of Topliss-reactive ketones (excluding diaryl/α,β-unsaturated/α-hetero) is 1. The van der Waals surface area contributed by atoms with Crippen LogP contribution in [0.1, 0.15) is 15.9 Å². The lowest BCUT2D eigenvalue weighted by atomic mass is 9.86. The largest absolute Gasteiger partial charge is 0.416 e. The van der Waals surface area contributed by atoms with Gasteiger partial charge in [0, 0.05) is 23.9 Å². The molecule has 0 N–H and O–H groups in total. The molecular formula is C23H15F3N4O5. The van der Waals surface area contributed by atoms with Gasteiger partial charge in [-0.15, -0.1) is 0 Å². The Kier molecular flexibility index (Phi) is 5.04. The van der Waals surface area contributed by atoms with Crippen molar-refractivity contribution in [3.63, 3.8) is 0 Å². The third-order valence-electron chi connectivity index (χ3n) is 6.33. The molecule has 2 saturated heterocycles. The van der Waals surface area contributed by atoms with E-state index in [0.717, 1.165) is 18.2 Å². The number of fused-ring (bicyclic) bond motifs is 3. The molecule has 2 aromatic rings. The van der Waals surface area contributed by atoms with Crippen molar-refractivity contribution in [3.05, 3.63) is 81.9 Å². The van der Waals surface area contributed by atoms with Crippen LogP contribution in [0, 0.1) is 22.0 Å². The van der Waals surface area contributed by atoms with E-state index in [4.69, 9.17) is 0 Å². The highest BCUT2D eigenvalue weighted by Gasteiger charge is 2.64. The number of ketones is 1. The predicted molar refractivity (Wildman–Crippen MR) is 115 cm³/mol. The molecule has 0 spiro atoms. The van der Waals surface area contributed by atoms with E-state index in [1.54, 1.807) is 12.2 Å². The Labute approximate surface area is 195 Å². The van der Waals surface area contributed by atoms with Crippen molar-refractivity contribution in [2.45, 2.75) is 18.3 Å². The van der Waals surface area contributed by atoms with E-state index < -0.39 is 58.2 Å². The molecule has 178 valence electrons. The number of non-ortho nitro benzene ring substituents is 1. The second-order valence-corrected chi connectivity index (χ2v) is 8.25. The number of allylic oxidation sites excluding steroid dienone is 1. The summed E-state index contributed by atoms with van der Waals surface area (Å²) in [6.45, 7) is 0. The van der Waals surface area contributed by atoms with E-state index in [9.17, 15) is 37.7 Å². The number of anilines is 1. The Morgan fingerprint density at radius 3 is 2.46 bits per heavy atom. The van der Waals surface area contributed by atoms with Gasteiger partial charge in [-0.05, 0) is 24.3 Å². The Morgan fingerprint density at radius 1 is 1.03 bits per heavy atom. The molecule has 3 heterocycles. The zero-order chi connectivity index (χ0) is 25.1. The number of imide groups is 1. The summed E-state index contributed by atoms with van der Waals surface area (Å²) in [7, 11) is 0. The molecule has 12 heteroatoms. The fourth-order valence-corrected chi connectivity index (χ4v) is 4.86. The zero-order valence-corrected chi connectivity index (χ0v) is 17.6. The van der Waals surface area contributed by atoms with Gasteiger partial charge in [0.1, 0.15) is 6.04 Å². The molecule has 3 aliphatic rings. The van der Waals surface area contributed by atoms with E-state index in [-0.39, 0.29) is 16.9 Å². The summed E-state index contributed by atoms with van der Waals surface area (Å²) in [5.41, 5.74) is -1.66. The van der Waals surface area contributed by atoms with Gasteiger partial charge in [-0.2, -0.15) is 18.3 Å². The van der Waals surface area contributed by atoms with Crippen molar-refractivity contribution in [2.75, 3.05) is 4.90 Å². The van der Waals surface area contributed by atoms with Crippen molar-refractivity contribution in [3.8, 4) is 0 Å². The number of hydrogen-bond acceptors (Lipinski definition) is 7. The first-order valence-corrected chi connectivity index (χ1v) is 10.4. The second-order valence-electron chi connectivity index (χ2n) is 8.25. The maximum atomic E-state index is 13.5. The summed E-state index contributed by atoms with van der Waals surface area (Å²) < 4.78 is 39.7. The number of amides is 2. The molecule has 0 saturated carbocycles. The van der Waals surface area contributed by atoms with Crippen LogP contribution in [-0.4, -0.2) is 45.8 Å². The Bertz CT molecular complexity index is 1340. The quantitative estimate of drug-likeness (QED) is 0.285. The van der Waals surface area contributed by atoms with Crippen molar-refractivity contribution < 1.29 is 32.5 Å². The zero-order valence-electron chi connectivity index (χ0n) is 17.6. The third kappa shape index (κ3) is 3.49. The van der Waals surface area contributed by atoms with Crippen molar-refractivity contribution in [1.29, 1.82) is 0 Å². The van der Waals surface area contributed by atoms with Crippen LogP contribution in [0.4, 0.5) is 24.5 Å². The molecule has 0 bridgehead atoms. The number of halogens is 3. The first kappa shape index (κ1) is 22.4. The molecule has 5 rings (SSSR count). The minimum absolute atomic E-state index is 0.0499. The van der Waals surface area contributed by atoms with Crippen LogP contribution >= 0.6 is 0 Å². The topological polar surface area (TPSA) is 113 Å². The highest BCUT2D eigenvalue weighted by Crippen LogP contribution is 2.46. The summed E-state index contributed by atoms with van der Waals surface area (Å²) in [5, 5.41) is 16.6. The lowest BCUT2D eigenvalue weighted by molar-refractivity contribution is -0.384. The molecule has 9 nitrogen and oxygen atoms in total. The Hall–Kier alpha value is -4.35. The summed E-state index contributed by atoms with van der Waals surface area (Å²) in [4.78, 5) is 51.5. The number of carbonyl (C=O) groups is 3. The highest BCUT2D eigenvalue weighted by atomic mass is 19.4. The van der Waals surface area contributed by atoms with Crippen LogP contribution in [0.3, 0.4) is 0 Å². The van der Waals surface area contributed by atoms with E-state index in [1.165, 1.54) is 35.5 Å². The molecule has 3 aliphatic heterocycles. The molecule has 4 atom stereocenters. The molecule has 2 fully saturated rings. The van der Waals surface area contributed by atoms with Crippen LogP contribution in [0.15, 0.2) is 65.8 Å². The fraction of sp³-hybridized carbons (Fsp3) is 0.217. The van der Waals surface area contributed by atoms with Crippen LogP contribution < -0.4 is 4.90 Å². The summed E-state index contributed by atoms with van der Waals surface area (Å²) >= 11 is 0. The Morgan fingerprint density at radius 2 is 1.74 bits per heavy atom. The van der Waals surface area contributed by atoms with Crippen LogP contribution in [0.25, 0.3) is 0 Å². The molecule has 0 unspecified atom stereocenters. The molecule has 2 aromatic carbocycles. The van der Waals surface area contributed by atoms with Gasteiger partial charge in [-0.1, -0.05) is 24.3 Å². The number of hydrazone groups is 1. The second kappa shape index (κ2) is 7.86. The lowest BCUT2D eigenvalue weighted by Crippen LogP contribution is -2.46. The summed E-state index contributed by atoms with van der Waals surface area (Å²) in [5.74, 6) is -4.55. The Balaban J connectivity index is 1.57. The number of rotatable bonds is 4. The van der Waals surface area contributed by atoms with Gasteiger partial charge >= 0.3 is 6.18 Å². The van der Waals surface area contributed by atoms with Gasteiger partial charge in [0.25, 0.3) is 5.69 Å². The van der Waals surface area contributed by atoms with E-state index in [2.05, 4.69) is 5.10 Å². The van der Waals surface area contributed by atoms with E-state index in [0.29, 0.717) is 11.0 Å². The van der Waals surface area contributed by atoms with Gasteiger partial charge < -0.3 is 0 Å². The van der Waals surface area contributed by atoms with Gasteiger partial charge in [0.2, 0.25) is 11.8 Å². The molecule has 0 aliphatic carbocycles. The van der Waals surface area contributed by atoms with Crippen LogP contribution in [0.5, 0.6) is 0 Å². The fourth-order valence-electron chi connectivity index (χ4n) is 4.86. The van der Waals surface area contributed by atoms with Gasteiger partial charge in [0.05, 0.1) is 34.1 Å². The molecule has 0 radical (unpaired) electrons. The average molecular weight is 484 g/mol.